The number of aliphatic imine (C=N–C) groups is 1. The Hall–Kier alpha value is -2.85. The minimum atomic E-state index is -1.78. The number of carbonyl (C=O) groups excluding carboxylic acids is 1. The summed E-state index contributed by atoms with van der Waals surface area (Å²) in [6, 6.07) is 7.90. The summed E-state index contributed by atoms with van der Waals surface area (Å²) in [5, 5.41) is 5.32. The number of benzene rings is 2. The normalized spacial score (nSPS) is 18.1. The van der Waals surface area contributed by atoms with E-state index in [1.165, 1.54) is 24.3 Å². The second-order valence-electron chi connectivity index (χ2n) is 5.74. The Morgan fingerprint density at radius 3 is 2.63 bits per heavy atom. The largest absolute Gasteiger partial charge is 0.442 e. The van der Waals surface area contributed by atoms with E-state index in [0.717, 1.165) is 23.4 Å². The zero-order chi connectivity index (χ0) is 19.6. The van der Waals surface area contributed by atoms with Crippen LogP contribution in [0.1, 0.15) is 0 Å². The number of ether oxygens (including phenoxy) is 1. The smallest absolute Gasteiger partial charge is 0.414 e. The van der Waals surface area contributed by atoms with Gasteiger partial charge in [-0.15, -0.1) is 0 Å². The van der Waals surface area contributed by atoms with Gasteiger partial charge in [0.25, 0.3) is 0 Å². The van der Waals surface area contributed by atoms with Gasteiger partial charge in [-0.05, 0) is 29.8 Å². The highest BCUT2D eigenvalue weighted by Crippen LogP contribution is 2.32. The van der Waals surface area contributed by atoms with Crippen molar-refractivity contribution in [2.24, 2.45) is 15.9 Å². The van der Waals surface area contributed by atoms with Crippen LogP contribution in [0.4, 0.5) is 19.3 Å². The number of nitrogens with two attached hydrogens (primary N) is 2. The lowest BCUT2D eigenvalue weighted by Gasteiger charge is -2.15. The highest BCUT2D eigenvalue weighted by molar-refractivity contribution is 7.82. The van der Waals surface area contributed by atoms with E-state index in [1.807, 2.05) is 0 Å². The molecule has 0 bridgehead atoms. The fourth-order valence-corrected chi connectivity index (χ4v) is 3.23. The van der Waals surface area contributed by atoms with Crippen molar-refractivity contribution in [3.05, 3.63) is 48.0 Å². The number of anilines is 1. The topological polar surface area (TPSA) is 111 Å². The lowest BCUT2D eigenvalue weighted by Crippen LogP contribution is -2.25. The van der Waals surface area contributed by atoms with Crippen LogP contribution in [0.15, 0.2) is 46.3 Å². The number of hydrogen-bond acceptors (Lipinski definition) is 4. The molecule has 0 spiro atoms. The molecule has 1 heterocycles. The van der Waals surface area contributed by atoms with Crippen molar-refractivity contribution in [3.8, 4) is 11.1 Å². The van der Waals surface area contributed by atoms with E-state index in [-0.39, 0.29) is 34.8 Å². The zero-order valence-electron chi connectivity index (χ0n) is 14.0. The average Bonchev–Trinajstić information content (AvgIpc) is 3.00. The number of hydrogen-bond donors (Lipinski definition) is 2. The number of cyclic esters (lactones) is 1. The van der Waals surface area contributed by atoms with Crippen molar-refractivity contribution in [1.29, 1.82) is 0 Å². The molecule has 10 heteroatoms. The van der Waals surface area contributed by atoms with Gasteiger partial charge in [0.2, 0.25) is 0 Å². The van der Waals surface area contributed by atoms with Crippen LogP contribution in [0.25, 0.3) is 11.1 Å². The van der Waals surface area contributed by atoms with Crippen LogP contribution in [-0.2, 0) is 15.7 Å². The summed E-state index contributed by atoms with van der Waals surface area (Å²) in [5.41, 5.74) is 5.06. The molecule has 1 fully saturated rings. The van der Waals surface area contributed by atoms with Gasteiger partial charge in [-0.25, -0.2) is 22.9 Å². The van der Waals surface area contributed by atoms with E-state index >= 15 is 0 Å². The summed E-state index contributed by atoms with van der Waals surface area (Å²) in [4.78, 5) is 17.1. The highest BCUT2D eigenvalue weighted by atomic mass is 32.2. The molecule has 2 aromatic rings. The van der Waals surface area contributed by atoms with Gasteiger partial charge in [-0.2, -0.15) is 0 Å². The van der Waals surface area contributed by atoms with E-state index < -0.39 is 34.8 Å². The Labute approximate surface area is 156 Å². The maximum atomic E-state index is 14.6. The van der Waals surface area contributed by atoms with Gasteiger partial charge in [-0.1, -0.05) is 12.1 Å². The standard InChI is InChI=1S/C17H16F2N4O3S/c18-14-5-11(23-8-12(7-22-9-20)26-17(23)24)6-15(19)16(14)10-2-1-3-13(4-10)27(21)25/h1-6,9,12H,7-8,21H2,(H2,20,22). The van der Waals surface area contributed by atoms with Crippen molar-refractivity contribution in [2.75, 3.05) is 18.0 Å². The first-order chi connectivity index (χ1) is 12.9. The molecule has 1 aliphatic rings. The minimum absolute atomic E-state index is 0.0246. The fraction of sp³-hybridized carbons (Fsp3) is 0.176. The highest BCUT2D eigenvalue weighted by Gasteiger charge is 2.33. The SMILES string of the molecule is NC=NCC1CN(c2cc(F)c(-c3cccc(S(N)=O)c3)c(F)c2)C(=O)O1. The second kappa shape index (κ2) is 7.80. The van der Waals surface area contributed by atoms with Crippen LogP contribution < -0.4 is 15.8 Å². The molecule has 142 valence electrons. The molecule has 4 N–H and O–H groups in total. The van der Waals surface area contributed by atoms with Gasteiger partial charge >= 0.3 is 6.09 Å². The van der Waals surface area contributed by atoms with Crippen LogP contribution in [0, 0.1) is 11.6 Å². The number of rotatable bonds is 5. The van der Waals surface area contributed by atoms with Crippen molar-refractivity contribution in [1.82, 2.24) is 0 Å². The number of halogens is 2. The lowest BCUT2D eigenvalue weighted by molar-refractivity contribution is 0.145. The molecule has 2 aromatic carbocycles. The number of nitrogens with zero attached hydrogens (tertiary/aromatic N) is 2. The summed E-state index contributed by atoms with van der Waals surface area (Å²) < 4.78 is 45.8. The Morgan fingerprint density at radius 1 is 1.30 bits per heavy atom. The molecule has 1 aliphatic heterocycles. The molecule has 1 saturated heterocycles. The molecule has 7 nitrogen and oxygen atoms in total. The van der Waals surface area contributed by atoms with Crippen LogP contribution in [0.2, 0.25) is 0 Å². The van der Waals surface area contributed by atoms with Gasteiger partial charge in [0.05, 0.1) is 35.6 Å². The summed E-state index contributed by atoms with van der Waals surface area (Å²) in [6.07, 6.45) is -0.189. The Morgan fingerprint density at radius 2 is 2.00 bits per heavy atom. The van der Waals surface area contributed by atoms with Gasteiger partial charge in [0.1, 0.15) is 28.7 Å². The van der Waals surface area contributed by atoms with Crippen molar-refractivity contribution in [2.45, 2.75) is 11.0 Å². The van der Waals surface area contributed by atoms with E-state index in [9.17, 15) is 17.8 Å². The average molecular weight is 394 g/mol. The van der Waals surface area contributed by atoms with Gasteiger partial charge < -0.3 is 10.5 Å². The fourth-order valence-electron chi connectivity index (χ4n) is 2.77. The Balaban J connectivity index is 1.93. The summed E-state index contributed by atoms with van der Waals surface area (Å²) in [6.45, 7) is 0.251. The molecule has 27 heavy (non-hydrogen) atoms. The van der Waals surface area contributed by atoms with Crippen LogP contribution in [0.3, 0.4) is 0 Å². The van der Waals surface area contributed by atoms with E-state index in [0.29, 0.717) is 0 Å². The molecule has 0 saturated carbocycles. The van der Waals surface area contributed by atoms with Gasteiger partial charge in [-0.3, -0.25) is 9.89 Å². The molecule has 0 aromatic heterocycles. The van der Waals surface area contributed by atoms with Crippen LogP contribution in [0.5, 0.6) is 0 Å². The maximum absolute atomic E-state index is 14.6. The molecule has 2 atom stereocenters. The summed E-state index contributed by atoms with van der Waals surface area (Å²) in [5.74, 6) is -1.75. The third-order valence-electron chi connectivity index (χ3n) is 3.98. The maximum Gasteiger partial charge on any atom is 0.414 e. The molecule has 1 amide bonds. The first kappa shape index (κ1) is 18.9. The van der Waals surface area contributed by atoms with E-state index in [1.54, 1.807) is 0 Å². The van der Waals surface area contributed by atoms with Crippen molar-refractivity contribution in [3.63, 3.8) is 0 Å². The number of amides is 1. The third kappa shape index (κ3) is 3.96. The van der Waals surface area contributed by atoms with Crippen LogP contribution >= 0.6 is 0 Å². The summed E-state index contributed by atoms with van der Waals surface area (Å²) >= 11 is 0. The predicted molar refractivity (Wildman–Crippen MR) is 97.6 cm³/mol. The van der Waals surface area contributed by atoms with E-state index in [4.69, 9.17) is 15.6 Å². The molecule has 0 radical (unpaired) electrons. The van der Waals surface area contributed by atoms with Crippen LogP contribution in [-0.4, -0.2) is 35.8 Å². The third-order valence-corrected chi connectivity index (χ3v) is 4.70. The monoisotopic (exact) mass is 394 g/mol. The van der Waals surface area contributed by atoms with E-state index in [2.05, 4.69) is 4.99 Å². The second-order valence-corrected chi connectivity index (χ2v) is 6.81. The molecular formula is C17H16F2N4O3S. The molecular weight excluding hydrogens is 378 g/mol. The minimum Gasteiger partial charge on any atom is -0.442 e. The predicted octanol–water partition coefficient (Wildman–Crippen LogP) is 1.93. The van der Waals surface area contributed by atoms with Crippen molar-refractivity contribution >= 4 is 29.1 Å². The first-order valence-corrected chi connectivity index (χ1v) is 9.06. The lowest BCUT2D eigenvalue weighted by atomic mass is 10.0. The Kier molecular flexibility index (Phi) is 5.47. The van der Waals surface area contributed by atoms with Gasteiger partial charge in [0, 0.05) is 0 Å². The van der Waals surface area contributed by atoms with Gasteiger partial charge in [0.15, 0.2) is 0 Å². The molecule has 2 unspecified atom stereocenters. The van der Waals surface area contributed by atoms with Crippen molar-refractivity contribution < 1.29 is 22.5 Å². The Bertz CT molecular complexity index is 915. The molecule has 0 aliphatic carbocycles. The quantitative estimate of drug-likeness (QED) is 0.596. The first-order valence-electron chi connectivity index (χ1n) is 7.84. The number of carbonyl (C=O) groups is 1. The zero-order valence-corrected chi connectivity index (χ0v) is 14.8. The summed E-state index contributed by atoms with van der Waals surface area (Å²) in [7, 11) is -1.78. The molecule has 3 rings (SSSR count).